The Morgan fingerprint density at radius 1 is 0.860 bits per heavy atom. The number of hydrogen-bond donors (Lipinski definition) is 4. The Kier molecular flexibility index (Phi) is 9.86. The minimum Gasteiger partial charge on any atom is -0.451 e. The third-order valence-electron chi connectivity index (χ3n) is 8.27. The van der Waals surface area contributed by atoms with Crippen molar-refractivity contribution in [3.63, 3.8) is 0 Å². The Morgan fingerprint density at radius 3 is 2.35 bits per heavy atom. The van der Waals surface area contributed by atoms with Crippen molar-refractivity contribution in [1.29, 1.82) is 0 Å². The summed E-state index contributed by atoms with van der Waals surface area (Å²) in [4.78, 5) is 66.2. The van der Waals surface area contributed by atoms with Crippen LogP contribution in [0, 0.1) is 5.92 Å². The van der Waals surface area contributed by atoms with Gasteiger partial charge in [0, 0.05) is 30.3 Å². The van der Waals surface area contributed by atoms with E-state index in [1.165, 1.54) is 0 Å². The first-order chi connectivity index (χ1) is 20.9. The predicted molar refractivity (Wildman–Crippen MR) is 160 cm³/mol. The van der Waals surface area contributed by atoms with Gasteiger partial charge in [-0.25, -0.2) is 0 Å². The third kappa shape index (κ3) is 7.88. The minimum atomic E-state index is -1.23. The maximum Gasteiger partial charge on any atom is 0.289 e. The molecule has 2 fully saturated rings. The number of para-hydroxylation sites is 1. The van der Waals surface area contributed by atoms with Crippen LogP contribution in [0.2, 0.25) is 0 Å². The van der Waals surface area contributed by atoms with E-state index in [1.807, 2.05) is 42.5 Å². The second-order valence-corrected chi connectivity index (χ2v) is 11.5. The molecule has 1 aliphatic heterocycles. The zero-order valence-corrected chi connectivity index (χ0v) is 24.1. The van der Waals surface area contributed by atoms with Crippen LogP contribution in [-0.4, -0.2) is 54.1 Å². The molecule has 10 nitrogen and oxygen atoms in total. The number of furan rings is 1. The van der Waals surface area contributed by atoms with Gasteiger partial charge in [-0.1, -0.05) is 67.8 Å². The smallest absolute Gasteiger partial charge is 0.289 e. The third-order valence-corrected chi connectivity index (χ3v) is 8.27. The fraction of sp³-hybridized carbons (Fsp3) is 0.424. The zero-order chi connectivity index (χ0) is 30.2. The van der Waals surface area contributed by atoms with Crippen molar-refractivity contribution in [3.05, 3.63) is 72.0 Å². The number of amides is 4. The summed E-state index contributed by atoms with van der Waals surface area (Å²) in [6.07, 6.45) is 6.07. The Hall–Kier alpha value is -4.47. The van der Waals surface area contributed by atoms with Gasteiger partial charge in [0.1, 0.15) is 11.6 Å². The van der Waals surface area contributed by atoms with Crippen LogP contribution in [0.4, 0.5) is 0 Å². The maximum atomic E-state index is 13.8. The van der Waals surface area contributed by atoms with E-state index >= 15 is 0 Å². The van der Waals surface area contributed by atoms with Crippen LogP contribution in [0.3, 0.4) is 0 Å². The van der Waals surface area contributed by atoms with Gasteiger partial charge in [0.05, 0.1) is 6.04 Å². The number of carbonyl (C=O) groups is 5. The summed E-state index contributed by atoms with van der Waals surface area (Å²) in [7, 11) is 0. The van der Waals surface area contributed by atoms with Gasteiger partial charge in [-0.15, -0.1) is 0 Å². The molecule has 2 aromatic carbocycles. The number of carbonyl (C=O) groups excluding carboxylic acids is 5. The number of rotatable bonds is 11. The maximum absolute atomic E-state index is 13.8. The largest absolute Gasteiger partial charge is 0.451 e. The van der Waals surface area contributed by atoms with Crippen LogP contribution >= 0.6 is 0 Å². The van der Waals surface area contributed by atoms with Crippen LogP contribution in [0.15, 0.2) is 65.1 Å². The van der Waals surface area contributed by atoms with Crippen LogP contribution in [0.1, 0.15) is 67.5 Å². The number of Topliss-reactive ketones (excluding diaryl/α,β-unsaturated/α-hetero) is 1. The zero-order valence-electron chi connectivity index (χ0n) is 24.1. The number of fused-ring (bicyclic) bond motifs is 1. The topological polar surface area (TPSA) is 147 Å². The molecule has 226 valence electrons. The molecule has 1 unspecified atom stereocenters. The lowest BCUT2D eigenvalue weighted by Crippen LogP contribution is -2.56. The van der Waals surface area contributed by atoms with E-state index in [2.05, 4.69) is 21.3 Å². The van der Waals surface area contributed by atoms with Gasteiger partial charge in [-0.05, 0) is 49.8 Å². The number of benzene rings is 2. The minimum absolute atomic E-state index is 0.00985. The van der Waals surface area contributed by atoms with Crippen molar-refractivity contribution in [2.24, 2.45) is 5.92 Å². The van der Waals surface area contributed by atoms with Gasteiger partial charge in [0.2, 0.25) is 17.6 Å². The highest BCUT2D eigenvalue weighted by Crippen LogP contribution is 2.21. The van der Waals surface area contributed by atoms with Crippen molar-refractivity contribution in [1.82, 2.24) is 21.3 Å². The Labute approximate surface area is 250 Å². The van der Waals surface area contributed by atoms with E-state index in [0.29, 0.717) is 18.5 Å². The van der Waals surface area contributed by atoms with Crippen LogP contribution in [0.25, 0.3) is 11.0 Å². The lowest BCUT2D eigenvalue weighted by molar-refractivity contribution is -0.141. The molecular weight excluding hydrogens is 548 g/mol. The molecule has 1 aromatic heterocycles. The molecule has 4 N–H and O–H groups in total. The van der Waals surface area contributed by atoms with Crippen molar-refractivity contribution in [3.8, 4) is 0 Å². The quantitative estimate of drug-likeness (QED) is 0.254. The SMILES string of the molecule is O=C(NC1CCCCC1)C(=O)C(C[C@@H]1CCCNC1=O)NC(=O)[C@H](Cc1ccccc1)NC(=O)c1cc2ccccc2o1. The Morgan fingerprint density at radius 2 is 1.60 bits per heavy atom. The average molecular weight is 587 g/mol. The molecule has 10 heteroatoms. The van der Waals surface area contributed by atoms with Crippen LogP contribution < -0.4 is 21.3 Å². The first kappa shape index (κ1) is 30.0. The van der Waals surface area contributed by atoms with E-state index in [4.69, 9.17) is 4.42 Å². The van der Waals surface area contributed by atoms with Crippen LogP contribution in [0.5, 0.6) is 0 Å². The molecule has 1 saturated carbocycles. The standard InChI is InChI=1S/C33H38N4O6/c38-29(33(42)35-24-14-5-2-6-15-24)25(19-23-13-9-17-34-30(23)39)36-31(40)26(18-21-10-3-1-4-11-21)37-32(41)28-20-22-12-7-8-16-27(22)43-28/h1,3-4,7-8,10-12,16,20,23-26H,2,5-6,9,13-15,17-19H2,(H,34,39)(H,35,42)(H,36,40)(H,37,41)/t23-,25?,26-/m0/s1. The summed E-state index contributed by atoms with van der Waals surface area (Å²) >= 11 is 0. The summed E-state index contributed by atoms with van der Waals surface area (Å²) in [6, 6.07) is 15.6. The first-order valence-corrected chi connectivity index (χ1v) is 15.1. The number of piperidine rings is 1. The fourth-order valence-electron chi connectivity index (χ4n) is 5.89. The number of ketones is 1. The van der Waals surface area contributed by atoms with E-state index in [0.717, 1.165) is 49.5 Å². The highest BCUT2D eigenvalue weighted by atomic mass is 16.3. The Balaban J connectivity index is 1.35. The average Bonchev–Trinajstić information content (AvgIpc) is 3.47. The number of nitrogens with one attached hydrogen (secondary N) is 4. The lowest BCUT2D eigenvalue weighted by Gasteiger charge is -2.28. The molecule has 3 aromatic rings. The summed E-state index contributed by atoms with van der Waals surface area (Å²) < 4.78 is 5.70. The van der Waals surface area contributed by atoms with Crippen molar-refractivity contribution >= 4 is 40.4 Å². The van der Waals surface area contributed by atoms with Crippen molar-refractivity contribution < 1.29 is 28.4 Å². The predicted octanol–water partition coefficient (Wildman–Crippen LogP) is 3.19. The summed E-state index contributed by atoms with van der Waals surface area (Å²) in [5, 5.41) is 11.9. The molecule has 43 heavy (non-hydrogen) atoms. The highest BCUT2D eigenvalue weighted by Gasteiger charge is 2.35. The molecule has 4 amide bonds. The fourth-order valence-corrected chi connectivity index (χ4v) is 5.89. The van der Waals surface area contributed by atoms with Gasteiger partial charge in [0.25, 0.3) is 11.8 Å². The lowest BCUT2D eigenvalue weighted by atomic mass is 9.89. The molecular formula is C33H38N4O6. The van der Waals surface area contributed by atoms with E-state index in [-0.39, 0.29) is 30.6 Å². The normalized spacial score (nSPS) is 18.7. The molecule has 2 aliphatic rings. The van der Waals surface area contributed by atoms with Crippen molar-refractivity contribution in [2.45, 2.75) is 75.9 Å². The van der Waals surface area contributed by atoms with Crippen LogP contribution in [-0.2, 0) is 25.6 Å². The number of hydrogen-bond acceptors (Lipinski definition) is 6. The second kappa shape index (κ2) is 14.1. The molecule has 2 heterocycles. The molecule has 0 radical (unpaired) electrons. The monoisotopic (exact) mass is 586 g/mol. The van der Waals surface area contributed by atoms with Gasteiger partial charge in [-0.3, -0.25) is 24.0 Å². The summed E-state index contributed by atoms with van der Waals surface area (Å²) in [6.45, 7) is 0.551. The molecule has 3 atom stereocenters. The van der Waals surface area contributed by atoms with E-state index in [1.54, 1.807) is 18.2 Å². The molecule has 1 saturated heterocycles. The second-order valence-electron chi connectivity index (χ2n) is 11.5. The molecule has 0 spiro atoms. The summed E-state index contributed by atoms with van der Waals surface area (Å²) in [5.74, 6) is -3.46. The van der Waals surface area contributed by atoms with E-state index < -0.39 is 41.5 Å². The highest BCUT2D eigenvalue weighted by molar-refractivity contribution is 6.38. The van der Waals surface area contributed by atoms with Crippen molar-refractivity contribution in [2.75, 3.05) is 6.54 Å². The molecule has 5 rings (SSSR count). The molecule has 1 aliphatic carbocycles. The summed E-state index contributed by atoms with van der Waals surface area (Å²) in [5.41, 5.74) is 1.33. The van der Waals surface area contributed by atoms with Gasteiger partial charge in [-0.2, -0.15) is 0 Å². The van der Waals surface area contributed by atoms with Gasteiger partial charge in [0.15, 0.2) is 5.76 Å². The molecule has 0 bridgehead atoms. The van der Waals surface area contributed by atoms with Gasteiger partial charge >= 0.3 is 0 Å². The van der Waals surface area contributed by atoms with Gasteiger partial charge < -0.3 is 25.7 Å². The van der Waals surface area contributed by atoms with E-state index in [9.17, 15) is 24.0 Å². The Bertz CT molecular complexity index is 1430. The first-order valence-electron chi connectivity index (χ1n) is 15.1.